The van der Waals surface area contributed by atoms with Crippen LogP contribution in [0.4, 0.5) is 0 Å². The first-order valence-corrected chi connectivity index (χ1v) is 7.62. The minimum Gasteiger partial charge on any atom is -0.354 e. The maximum atomic E-state index is 12.2. The molecule has 1 aliphatic rings. The lowest BCUT2D eigenvalue weighted by molar-refractivity contribution is -0.125. The van der Waals surface area contributed by atoms with Crippen molar-refractivity contribution >= 4 is 17.5 Å². The molecule has 1 aromatic heterocycles. The number of carbonyl (C=O) groups excluding carboxylic acids is 1. The standard InChI is InChI=1S/C16H18ClN3O/c17-15-10-19-20(11-15)8-7-18-16(21)14-6-5-12-3-1-2-4-13(12)9-14/h1-4,10-11,14H,5-9H2,(H,18,21)/t14-/m1/s1. The van der Waals surface area contributed by atoms with Gasteiger partial charge in [-0.2, -0.15) is 5.10 Å². The second kappa shape index (κ2) is 6.31. The van der Waals surface area contributed by atoms with Gasteiger partial charge in [0, 0.05) is 18.7 Å². The molecule has 5 heteroatoms. The van der Waals surface area contributed by atoms with Gasteiger partial charge >= 0.3 is 0 Å². The van der Waals surface area contributed by atoms with Gasteiger partial charge in [-0.05, 0) is 30.4 Å². The molecule has 1 N–H and O–H groups in total. The van der Waals surface area contributed by atoms with Crippen LogP contribution in [-0.2, 0) is 24.2 Å². The predicted molar refractivity (Wildman–Crippen MR) is 82.2 cm³/mol. The van der Waals surface area contributed by atoms with Crippen molar-refractivity contribution in [2.75, 3.05) is 6.54 Å². The van der Waals surface area contributed by atoms with Gasteiger partial charge in [0.2, 0.25) is 5.91 Å². The summed E-state index contributed by atoms with van der Waals surface area (Å²) in [4.78, 5) is 12.2. The SMILES string of the molecule is O=C(NCCn1cc(Cl)cn1)[C@@H]1CCc2ccccc2C1. The smallest absolute Gasteiger partial charge is 0.223 e. The van der Waals surface area contributed by atoms with E-state index in [1.165, 1.54) is 11.1 Å². The molecule has 0 radical (unpaired) electrons. The molecule has 1 atom stereocenters. The lowest BCUT2D eigenvalue weighted by atomic mass is 9.83. The van der Waals surface area contributed by atoms with Crippen LogP contribution in [0, 0.1) is 5.92 Å². The summed E-state index contributed by atoms with van der Waals surface area (Å²) in [5.41, 5.74) is 2.69. The summed E-state index contributed by atoms with van der Waals surface area (Å²) in [6, 6.07) is 8.39. The Kier molecular flexibility index (Phi) is 4.25. The number of benzene rings is 1. The van der Waals surface area contributed by atoms with Crippen molar-refractivity contribution in [2.45, 2.75) is 25.8 Å². The Morgan fingerprint density at radius 3 is 2.95 bits per heavy atom. The second-order valence-corrected chi connectivity index (χ2v) is 5.86. The zero-order valence-corrected chi connectivity index (χ0v) is 12.5. The zero-order chi connectivity index (χ0) is 14.7. The van der Waals surface area contributed by atoms with Crippen LogP contribution < -0.4 is 5.32 Å². The first kappa shape index (κ1) is 14.1. The number of amides is 1. The second-order valence-electron chi connectivity index (χ2n) is 5.42. The van der Waals surface area contributed by atoms with E-state index in [2.05, 4.69) is 28.6 Å². The molecule has 110 valence electrons. The Labute approximate surface area is 129 Å². The van der Waals surface area contributed by atoms with E-state index in [0.29, 0.717) is 18.1 Å². The van der Waals surface area contributed by atoms with Gasteiger partial charge in [-0.1, -0.05) is 35.9 Å². The van der Waals surface area contributed by atoms with Gasteiger partial charge in [-0.3, -0.25) is 9.48 Å². The third-order valence-electron chi connectivity index (χ3n) is 3.96. The lowest BCUT2D eigenvalue weighted by Gasteiger charge is -2.23. The largest absolute Gasteiger partial charge is 0.354 e. The Hall–Kier alpha value is -1.81. The summed E-state index contributed by atoms with van der Waals surface area (Å²) in [7, 11) is 0. The molecule has 0 aliphatic heterocycles. The number of rotatable bonds is 4. The minimum absolute atomic E-state index is 0.0844. The maximum absolute atomic E-state index is 12.2. The van der Waals surface area contributed by atoms with Crippen LogP contribution >= 0.6 is 11.6 Å². The molecule has 21 heavy (non-hydrogen) atoms. The number of aryl methyl sites for hydroxylation is 1. The number of nitrogens with zero attached hydrogens (tertiary/aromatic N) is 2. The Morgan fingerprint density at radius 2 is 2.19 bits per heavy atom. The van der Waals surface area contributed by atoms with E-state index in [0.717, 1.165) is 19.3 Å². The molecule has 1 aliphatic carbocycles. The first-order valence-electron chi connectivity index (χ1n) is 7.25. The van der Waals surface area contributed by atoms with Crippen molar-refractivity contribution in [3.05, 3.63) is 52.8 Å². The summed E-state index contributed by atoms with van der Waals surface area (Å²) in [5, 5.41) is 7.70. The van der Waals surface area contributed by atoms with Crippen molar-refractivity contribution in [3.63, 3.8) is 0 Å². The van der Waals surface area contributed by atoms with Gasteiger partial charge in [-0.25, -0.2) is 0 Å². The molecule has 0 fully saturated rings. The molecule has 0 saturated heterocycles. The topological polar surface area (TPSA) is 46.9 Å². The molecule has 0 unspecified atom stereocenters. The van der Waals surface area contributed by atoms with Gasteiger partial charge < -0.3 is 5.32 Å². The number of nitrogens with one attached hydrogen (secondary N) is 1. The van der Waals surface area contributed by atoms with Crippen LogP contribution in [0.1, 0.15) is 17.5 Å². The van der Waals surface area contributed by atoms with Gasteiger partial charge in [0.05, 0.1) is 17.8 Å². The van der Waals surface area contributed by atoms with Gasteiger partial charge in [-0.15, -0.1) is 0 Å². The monoisotopic (exact) mass is 303 g/mol. The molecule has 2 aromatic rings. The van der Waals surface area contributed by atoms with E-state index in [1.54, 1.807) is 17.1 Å². The molecule has 0 spiro atoms. The molecular formula is C16H18ClN3O. The summed E-state index contributed by atoms with van der Waals surface area (Å²) >= 11 is 5.80. The summed E-state index contributed by atoms with van der Waals surface area (Å²) in [6.45, 7) is 1.22. The van der Waals surface area contributed by atoms with E-state index in [4.69, 9.17) is 11.6 Å². The van der Waals surface area contributed by atoms with Crippen molar-refractivity contribution in [2.24, 2.45) is 5.92 Å². The van der Waals surface area contributed by atoms with Crippen molar-refractivity contribution < 1.29 is 4.79 Å². The number of aromatic nitrogens is 2. The van der Waals surface area contributed by atoms with Crippen LogP contribution in [0.2, 0.25) is 5.02 Å². The quantitative estimate of drug-likeness (QED) is 0.943. The fourth-order valence-electron chi connectivity index (χ4n) is 2.82. The van der Waals surface area contributed by atoms with Crippen LogP contribution in [0.3, 0.4) is 0 Å². The predicted octanol–water partition coefficient (Wildman–Crippen LogP) is 2.46. The molecular weight excluding hydrogens is 286 g/mol. The molecule has 1 heterocycles. The van der Waals surface area contributed by atoms with Crippen LogP contribution in [0.15, 0.2) is 36.7 Å². The van der Waals surface area contributed by atoms with Crippen molar-refractivity contribution in [1.29, 1.82) is 0 Å². The fraction of sp³-hybridized carbons (Fsp3) is 0.375. The number of carbonyl (C=O) groups is 1. The Bertz CT molecular complexity index is 638. The normalized spacial score (nSPS) is 17.3. The molecule has 0 saturated carbocycles. The van der Waals surface area contributed by atoms with Gasteiger partial charge in [0.1, 0.15) is 0 Å². The maximum Gasteiger partial charge on any atom is 0.223 e. The number of hydrogen-bond donors (Lipinski definition) is 1. The van der Waals surface area contributed by atoms with Gasteiger partial charge in [0.25, 0.3) is 0 Å². The Balaban J connectivity index is 1.50. The van der Waals surface area contributed by atoms with Gasteiger partial charge in [0.15, 0.2) is 0 Å². The van der Waals surface area contributed by atoms with E-state index in [-0.39, 0.29) is 11.8 Å². The molecule has 0 bridgehead atoms. The summed E-state index contributed by atoms with van der Waals surface area (Å²) in [5.74, 6) is 0.226. The number of halogens is 1. The van der Waals surface area contributed by atoms with E-state index >= 15 is 0 Å². The van der Waals surface area contributed by atoms with Crippen molar-refractivity contribution in [3.8, 4) is 0 Å². The highest BCUT2D eigenvalue weighted by atomic mass is 35.5. The molecule has 1 amide bonds. The zero-order valence-electron chi connectivity index (χ0n) is 11.8. The summed E-state index contributed by atoms with van der Waals surface area (Å²) in [6.07, 6.45) is 6.11. The Morgan fingerprint density at radius 1 is 1.38 bits per heavy atom. The first-order chi connectivity index (χ1) is 10.2. The van der Waals surface area contributed by atoms with Crippen molar-refractivity contribution in [1.82, 2.24) is 15.1 Å². The van der Waals surface area contributed by atoms with E-state index < -0.39 is 0 Å². The molecule has 3 rings (SSSR count). The molecule has 1 aromatic carbocycles. The van der Waals surface area contributed by atoms with E-state index in [9.17, 15) is 4.79 Å². The van der Waals surface area contributed by atoms with Crippen LogP contribution in [0.5, 0.6) is 0 Å². The summed E-state index contributed by atoms with van der Waals surface area (Å²) < 4.78 is 1.73. The fourth-order valence-corrected chi connectivity index (χ4v) is 2.98. The minimum atomic E-state index is 0.0844. The molecule has 4 nitrogen and oxygen atoms in total. The number of hydrogen-bond acceptors (Lipinski definition) is 2. The van der Waals surface area contributed by atoms with Crippen LogP contribution in [0.25, 0.3) is 0 Å². The van der Waals surface area contributed by atoms with E-state index in [1.807, 2.05) is 6.07 Å². The number of fused-ring (bicyclic) bond motifs is 1. The third-order valence-corrected chi connectivity index (χ3v) is 4.15. The average Bonchev–Trinajstić information content (AvgIpc) is 2.92. The highest BCUT2D eigenvalue weighted by Crippen LogP contribution is 2.25. The highest BCUT2D eigenvalue weighted by Gasteiger charge is 2.23. The highest BCUT2D eigenvalue weighted by molar-refractivity contribution is 6.30. The lowest BCUT2D eigenvalue weighted by Crippen LogP contribution is -2.35. The third kappa shape index (κ3) is 3.45. The van der Waals surface area contributed by atoms with Crippen LogP contribution in [-0.4, -0.2) is 22.2 Å². The average molecular weight is 304 g/mol.